The van der Waals surface area contributed by atoms with E-state index in [1.165, 1.54) is 12.1 Å². The molecule has 0 radical (unpaired) electrons. The van der Waals surface area contributed by atoms with Gasteiger partial charge in [-0.3, -0.25) is 4.79 Å². The van der Waals surface area contributed by atoms with Gasteiger partial charge in [0.1, 0.15) is 0 Å². The number of carbonyl (C=O) groups excluding carboxylic acids is 1. The predicted octanol–water partition coefficient (Wildman–Crippen LogP) is 3.29. The van der Waals surface area contributed by atoms with Gasteiger partial charge in [-0.05, 0) is 38.5 Å². The van der Waals surface area contributed by atoms with Crippen LogP contribution in [0.2, 0.25) is 0 Å². The molecule has 3 N–H and O–H groups in total. The fraction of sp³-hybridized carbons (Fsp3) is 0.529. The van der Waals surface area contributed by atoms with E-state index in [9.17, 15) is 18.0 Å². The van der Waals surface area contributed by atoms with Crippen molar-refractivity contribution in [3.8, 4) is 0 Å². The number of halogens is 4. The summed E-state index contributed by atoms with van der Waals surface area (Å²) >= 11 is 0. The van der Waals surface area contributed by atoms with Gasteiger partial charge in [-0.2, -0.15) is 13.2 Å². The van der Waals surface area contributed by atoms with Crippen LogP contribution in [0.4, 0.5) is 13.2 Å². The molecular formula is C17H26F3IN4O. The molecule has 0 aliphatic heterocycles. The molecule has 0 spiro atoms. The zero-order valence-electron chi connectivity index (χ0n) is 15.1. The highest BCUT2D eigenvalue weighted by Gasteiger charge is 2.29. The largest absolute Gasteiger partial charge is 0.416 e. The van der Waals surface area contributed by atoms with Gasteiger partial charge in [0, 0.05) is 25.6 Å². The maximum Gasteiger partial charge on any atom is 0.416 e. The van der Waals surface area contributed by atoms with Crippen molar-refractivity contribution in [2.24, 2.45) is 4.99 Å². The molecule has 1 aromatic rings. The van der Waals surface area contributed by atoms with Gasteiger partial charge in [0.25, 0.3) is 0 Å². The molecule has 1 aromatic carbocycles. The van der Waals surface area contributed by atoms with Crippen LogP contribution in [0.25, 0.3) is 0 Å². The molecule has 148 valence electrons. The van der Waals surface area contributed by atoms with Crippen molar-refractivity contribution in [2.45, 2.75) is 46.0 Å². The summed E-state index contributed by atoms with van der Waals surface area (Å²) < 4.78 is 37.6. The third-order valence-electron chi connectivity index (χ3n) is 3.14. The first-order valence-corrected chi connectivity index (χ1v) is 8.20. The van der Waals surface area contributed by atoms with Gasteiger partial charge in [-0.15, -0.1) is 24.0 Å². The Morgan fingerprint density at radius 1 is 1.15 bits per heavy atom. The maximum atomic E-state index is 12.5. The fourth-order valence-electron chi connectivity index (χ4n) is 2.00. The third-order valence-corrected chi connectivity index (χ3v) is 3.14. The Labute approximate surface area is 169 Å². The Balaban J connectivity index is 0.00000625. The van der Waals surface area contributed by atoms with E-state index < -0.39 is 11.7 Å². The van der Waals surface area contributed by atoms with Crippen LogP contribution < -0.4 is 16.0 Å². The molecule has 0 heterocycles. The number of benzene rings is 1. The van der Waals surface area contributed by atoms with Gasteiger partial charge in [0.15, 0.2) is 5.96 Å². The molecule has 5 nitrogen and oxygen atoms in total. The van der Waals surface area contributed by atoms with Gasteiger partial charge < -0.3 is 16.0 Å². The normalized spacial score (nSPS) is 11.7. The molecule has 0 bridgehead atoms. The minimum atomic E-state index is -4.34. The van der Waals surface area contributed by atoms with Crippen LogP contribution in [0.3, 0.4) is 0 Å². The minimum absolute atomic E-state index is 0. The monoisotopic (exact) mass is 486 g/mol. The average molecular weight is 486 g/mol. The van der Waals surface area contributed by atoms with E-state index in [1.54, 1.807) is 0 Å². The highest BCUT2D eigenvalue weighted by atomic mass is 127. The molecule has 0 atom stereocenters. The van der Waals surface area contributed by atoms with Crippen molar-refractivity contribution in [3.63, 3.8) is 0 Å². The van der Waals surface area contributed by atoms with Gasteiger partial charge >= 0.3 is 6.18 Å². The summed E-state index contributed by atoms with van der Waals surface area (Å²) in [5, 5.41) is 8.85. The number of aliphatic imine (C=N–C) groups is 1. The van der Waals surface area contributed by atoms with E-state index >= 15 is 0 Å². The number of alkyl halides is 3. The lowest BCUT2D eigenvalue weighted by molar-refractivity contribution is -0.137. The van der Waals surface area contributed by atoms with Gasteiger partial charge in [0.2, 0.25) is 5.91 Å². The van der Waals surface area contributed by atoms with Crippen LogP contribution in [-0.4, -0.2) is 31.0 Å². The highest BCUT2D eigenvalue weighted by Crippen LogP contribution is 2.29. The number of guanidine groups is 1. The number of carbonyl (C=O) groups is 1. The summed E-state index contributed by atoms with van der Waals surface area (Å²) in [6.45, 7) is 6.97. The van der Waals surface area contributed by atoms with E-state index in [1.807, 2.05) is 20.8 Å². The average Bonchev–Trinajstić information content (AvgIpc) is 2.51. The predicted molar refractivity (Wildman–Crippen MR) is 108 cm³/mol. The summed E-state index contributed by atoms with van der Waals surface area (Å²) in [4.78, 5) is 15.9. The summed E-state index contributed by atoms with van der Waals surface area (Å²) in [6.07, 6.45) is -4.03. The zero-order chi connectivity index (χ0) is 18.9. The summed E-state index contributed by atoms with van der Waals surface area (Å²) in [5.74, 6) is 0.459. The Morgan fingerprint density at radius 2 is 1.77 bits per heavy atom. The molecule has 0 unspecified atom stereocenters. The van der Waals surface area contributed by atoms with Crippen LogP contribution in [0.15, 0.2) is 29.3 Å². The first-order chi connectivity index (χ1) is 11.7. The van der Waals surface area contributed by atoms with Gasteiger partial charge in [-0.25, -0.2) is 4.99 Å². The number of amides is 1. The molecule has 9 heteroatoms. The first-order valence-electron chi connectivity index (χ1n) is 8.20. The third kappa shape index (κ3) is 9.83. The molecule has 26 heavy (non-hydrogen) atoms. The molecule has 0 fully saturated rings. The first kappa shape index (κ1) is 24.5. The van der Waals surface area contributed by atoms with E-state index in [-0.39, 0.29) is 42.5 Å². The van der Waals surface area contributed by atoms with Crippen molar-refractivity contribution in [3.05, 3.63) is 35.4 Å². The Hall–Kier alpha value is -1.52. The molecule has 0 saturated carbocycles. The molecule has 0 aliphatic carbocycles. The number of hydrogen-bond donors (Lipinski definition) is 3. The number of hydrogen-bond acceptors (Lipinski definition) is 2. The number of nitrogens with zero attached hydrogens (tertiary/aromatic N) is 1. The number of rotatable bonds is 7. The van der Waals surface area contributed by atoms with Crippen LogP contribution in [0, 0.1) is 0 Å². The lowest BCUT2D eigenvalue weighted by atomic mass is 10.1. The van der Waals surface area contributed by atoms with Crippen LogP contribution in [0.5, 0.6) is 0 Å². The van der Waals surface area contributed by atoms with Gasteiger partial charge in [-0.1, -0.05) is 12.1 Å². The summed E-state index contributed by atoms with van der Waals surface area (Å²) in [6, 6.07) is 5.00. The molecule has 0 saturated heterocycles. The van der Waals surface area contributed by atoms with Crippen LogP contribution in [-0.2, 0) is 17.5 Å². The zero-order valence-corrected chi connectivity index (χ0v) is 17.4. The second-order valence-electron chi connectivity index (χ2n) is 5.79. The molecular weight excluding hydrogens is 460 g/mol. The fourth-order valence-corrected chi connectivity index (χ4v) is 2.00. The topological polar surface area (TPSA) is 65.5 Å². The standard InChI is InChI=1S/C17H25F3N4O.HI/c1-4-21-16(22-10-9-15(25)24-12(2)3)23-11-13-5-7-14(8-6-13)17(18,19)20;/h5-8,12H,4,9-11H2,1-3H3,(H,24,25)(H2,21,22,23);1H. The van der Waals surface area contributed by atoms with Crippen molar-refractivity contribution >= 4 is 35.8 Å². The van der Waals surface area contributed by atoms with Crippen molar-refractivity contribution < 1.29 is 18.0 Å². The second kappa shape index (κ2) is 12.0. The molecule has 1 rings (SSSR count). The molecule has 0 aliphatic rings. The molecule has 0 aromatic heterocycles. The lowest BCUT2D eigenvalue weighted by Gasteiger charge is -2.12. The van der Waals surface area contributed by atoms with Gasteiger partial charge in [0.05, 0.1) is 12.1 Å². The Kier molecular flexibility index (Phi) is 11.3. The SMILES string of the molecule is CCNC(=NCc1ccc(C(F)(F)F)cc1)NCCC(=O)NC(C)C.I. The van der Waals surface area contributed by atoms with E-state index in [0.717, 1.165) is 12.1 Å². The lowest BCUT2D eigenvalue weighted by Crippen LogP contribution is -2.40. The second-order valence-corrected chi connectivity index (χ2v) is 5.79. The molecule has 1 amide bonds. The maximum absolute atomic E-state index is 12.5. The Bertz CT molecular complexity index is 574. The number of nitrogens with one attached hydrogen (secondary N) is 3. The summed E-state index contributed by atoms with van der Waals surface area (Å²) in [5.41, 5.74) is -0.0100. The highest BCUT2D eigenvalue weighted by molar-refractivity contribution is 14.0. The van der Waals surface area contributed by atoms with E-state index in [2.05, 4.69) is 20.9 Å². The van der Waals surface area contributed by atoms with Crippen molar-refractivity contribution in [2.75, 3.05) is 13.1 Å². The quantitative estimate of drug-likeness (QED) is 0.315. The van der Waals surface area contributed by atoms with Crippen molar-refractivity contribution in [1.82, 2.24) is 16.0 Å². The van der Waals surface area contributed by atoms with E-state index in [4.69, 9.17) is 0 Å². The summed E-state index contributed by atoms with van der Waals surface area (Å²) in [7, 11) is 0. The van der Waals surface area contributed by atoms with Crippen molar-refractivity contribution in [1.29, 1.82) is 0 Å². The Morgan fingerprint density at radius 3 is 2.27 bits per heavy atom. The van der Waals surface area contributed by atoms with Crippen LogP contribution >= 0.6 is 24.0 Å². The van der Waals surface area contributed by atoms with Crippen LogP contribution in [0.1, 0.15) is 38.3 Å². The minimum Gasteiger partial charge on any atom is -0.357 e. The van der Waals surface area contributed by atoms with E-state index in [0.29, 0.717) is 31.0 Å². The smallest absolute Gasteiger partial charge is 0.357 e.